The van der Waals surface area contributed by atoms with Crippen molar-refractivity contribution in [3.63, 3.8) is 0 Å². The Hall–Kier alpha value is -1.58. The van der Waals surface area contributed by atoms with Gasteiger partial charge in [0.1, 0.15) is 17.3 Å². The lowest BCUT2D eigenvalue weighted by Gasteiger charge is -2.11. The highest BCUT2D eigenvalue weighted by atomic mass is 35.5. The van der Waals surface area contributed by atoms with Gasteiger partial charge in [-0.2, -0.15) is 0 Å². The summed E-state index contributed by atoms with van der Waals surface area (Å²) in [5.74, 6) is 0.730. The van der Waals surface area contributed by atoms with Crippen molar-refractivity contribution in [3.05, 3.63) is 58.9 Å². The SMILES string of the molecule is NCc1cccc(Cl)c1Oc1ccc(F)cc1. The summed E-state index contributed by atoms with van der Waals surface area (Å²) in [5, 5.41) is 0.484. The molecule has 2 aromatic carbocycles. The first-order valence-corrected chi connectivity index (χ1v) is 5.49. The summed E-state index contributed by atoms with van der Waals surface area (Å²) < 4.78 is 18.4. The molecule has 2 nitrogen and oxygen atoms in total. The third-order valence-corrected chi connectivity index (χ3v) is 2.60. The van der Waals surface area contributed by atoms with Crippen molar-refractivity contribution in [3.8, 4) is 11.5 Å². The average molecular weight is 252 g/mol. The van der Waals surface area contributed by atoms with E-state index in [1.807, 2.05) is 12.1 Å². The largest absolute Gasteiger partial charge is 0.455 e. The van der Waals surface area contributed by atoms with Crippen LogP contribution in [0.4, 0.5) is 4.39 Å². The summed E-state index contributed by atoms with van der Waals surface area (Å²) in [6.45, 7) is 0.330. The van der Waals surface area contributed by atoms with Crippen LogP contribution in [0.1, 0.15) is 5.56 Å². The summed E-state index contributed by atoms with van der Waals surface area (Å²) in [5.41, 5.74) is 6.41. The molecule has 0 spiro atoms. The third kappa shape index (κ3) is 2.75. The molecule has 0 fully saturated rings. The van der Waals surface area contributed by atoms with Crippen LogP contribution < -0.4 is 10.5 Å². The monoisotopic (exact) mass is 251 g/mol. The summed E-state index contributed by atoms with van der Waals surface area (Å²) in [4.78, 5) is 0. The highest BCUT2D eigenvalue weighted by Crippen LogP contribution is 2.32. The lowest BCUT2D eigenvalue weighted by Crippen LogP contribution is -1.99. The molecule has 0 aliphatic heterocycles. The molecule has 0 saturated heterocycles. The Morgan fingerprint density at radius 3 is 2.47 bits per heavy atom. The summed E-state index contributed by atoms with van der Waals surface area (Å²) in [6.07, 6.45) is 0. The highest BCUT2D eigenvalue weighted by Gasteiger charge is 2.08. The van der Waals surface area contributed by atoms with E-state index < -0.39 is 0 Å². The van der Waals surface area contributed by atoms with Crippen LogP contribution >= 0.6 is 11.6 Å². The fourth-order valence-corrected chi connectivity index (χ4v) is 1.68. The molecule has 2 N–H and O–H groups in total. The zero-order valence-electron chi connectivity index (χ0n) is 8.99. The van der Waals surface area contributed by atoms with Gasteiger partial charge in [0.2, 0.25) is 0 Å². The smallest absolute Gasteiger partial charge is 0.150 e. The molecule has 0 aliphatic rings. The van der Waals surface area contributed by atoms with Gasteiger partial charge in [0, 0.05) is 12.1 Å². The molecule has 0 amide bonds. The number of nitrogens with two attached hydrogens (primary N) is 1. The molecule has 0 aliphatic carbocycles. The van der Waals surface area contributed by atoms with E-state index in [1.165, 1.54) is 12.1 Å². The van der Waals surface area contributed by atoms with E-state index in [4.69, 9.17) is 22.1 Å². The minimum Gasteiger partial charge on any atom is -0.455 e. The first kappa shape index (κ1) is 11.9. The maximum atomic E-state index is 12.7. The number of hydrogen-bond donors (Lipinski definition) is 1. The minimum absolute atomic E-state index is 0.310. The molecule has 0 saturated carbocycles. The molecule has 2 rings (SSSR count). The van der Waals surface area contributed by atoms with E-state index in [1.54, 1.807) is 18.2 Å². The molecular weight excluding hydrogens is 241 g/mol. The van der Waals surface area contributed by atoms with Crippen molar-refractivity contribution in [2.45, 2.75) is 6.54 Å². The lowest BCUT2D eigenvalue weighted by atomic mass is 10.2. The topological polar surface area (TPSA) is 35.2 Å². The van der Waals surface area contributed by atoms with Gasteiger partial charge in [-0.05, 0) is 30.3 Å². The first-order chi connectivity index (χ1) is 8.20. The van der Waals surface area contributed by atoms with Gasteiger partial charge in [-0.1, -0.05) is 23.7 Å². The fourth-order valence-electron chi connectivity index (χ4n) is 1.45. The van der Waals surface area contributed by atoms with Gasteiger partial charge in [-0.3, -0.25) is 0 Å². The van der Waals surface area contributed by atoms with E-state index in [2.05, 4.69) is 0 Å². The van der Waals surface area contributed by atoms with Crippen molar-refractivity contribution < 1.29 is 9.13 Å². The highest BCUT2D eigenvalue weighted by molar-refractivity contribution is 6.32. The van der Waals surface area contributed by atoms with Crippen molar-refractivity contribution in [1.29, 1.82) is 0 Å². The van der Waals surface area contributed by atoms with Crippen molar-refractivity contribution >= 4 is 11.6 Å². The van der Waals surface area contributed by atoms with Crippen LogP contribution in [0, 0.1) is 5.82 Å². The van der Waals surface area contributed by atoms with Crippen LogP contribution in [-0.2, 0) is 6.54 Å². The standard InChI is InChI=1S/C13H11ClFNO/c14-12-3-1-2-9(8-16)13(12)17-11-6-4-10(15)5-7-11/h1-7H,8,16H2. The molecule has 0 unspecified atom stereocenters. The Labute approximate surface area is 104 Å². The molecule has 0 bridgehead atoms. The van der Waals surface area contributed by atoms with E-state index in [-0.39, 0.29) is 5.82 Å². The second kappa shape index (κ2) is 5.17. The van der Waals surface area contributed by atoms with Crippen LogP contribution in [0.25, 0.3) is 0 Å². The normalized spacial score (nSPS) is 10.3. The molecular formula is C13H11ClFNO. The zero-order valence-corrected chi connectivity index (χ0v) is 9.75. The quantitative estimate of drug-likeness (QED) is 0.902. The van der Waals surface area contributed by atoms with Crippen LogP contribution in [0.15, 0.2) is 42.5 Å². The third-order valence-electron chi connectivity index (χ3n) is 2.30. The van der Waals surface area contributed by atoms with Crippen LogP contribution in [0.5, 0.6) is 11.5 Å². The lowest BCUT2D eigenvalue weighted by molar-refractivity contribution is 0.474. The van der Waals surface area contributed by atoms with E-state index in [9.17, 15) is 4.39 Å². The zero-order chi connectivity index (χ0) is 12.3. The number of para-hydroxylation sites is 1. The van der Waals surface area contributed by atoms with Crippen LogP contribution in [-0.4, -0.2) is 0 Å². The summed E-state index contributed by atoms with van der Waals surface area (Å²) in [6, 6.07) is 11.1. The number of ether oxygens (including phenoxy) is 1. The first-order valence-electron chi connectivity index (χ1n) is 5.11. The molecule has 17 heavy (non-hydrogen) atoms. The molecule has 0 atom stereocenters. The van der Waals surface area contributed by atoms with Gasteiger partial charge < -0.3 is 10.5 Å². The second-order valence-corrected chi connectivity index (χ2v) is 3.90. The molecule has 2 aromatic rings. The summed E-state index contributed by atoms with van der Waals surface area (Å²) in [7, 11) is 0. The summed E-state index contributed by atoms with van der Waals surface area (Å²) >= 11 is 6.03. The van der Waals surface area contributed by atoms with Crippen molar-refractivity contribution in [2.24, 2.45) is 5.73 Å². The Balaban J connectivity index is 2.32. The number of rotatable bonds is 3. The van der Waals surface area contributed by atoms with Crippen LogP contribution in [0.2, 0.25) is 5.02 Å². The van der Waals surface area contributed by atoms with Crippen LogP contribution in [0.3, 0.4) is 0 Å². The minimum atomic E-state index is -0.310. The average Bonchev–Trinajstić information content (AvgIpc) is 2.34. The van der Waals surface area contributed by atoms with E-state index in [0.717, 1.165) is 5.56 Å². The molecule has 0 aromatic heterocycles. The van der Waals surface area contributed by atoms with Crippen molar-refractivity contribution in [1.82, 2.24) is 0 Å². The Kier molecular flexibility index (Phi) is 3.61. The maximum absolute atomic E-state index is 12.7. The van der Waals surface area contributed by atoms with E-state index >= 15 is 0 Å². The molecule has 0 heterocycles. The maximum Gasteiger partial charge on any atom is 0.150 e. The number of benzene rings is 2. The fraction of sp³-hybridized carbons (Fsp3) is 0.0769. The van der Waals surface area contributed by atoms with Gasteiger partial charge in [0.05, 0.1) is 5.02 Å². The Morgan fingerprint density at radius 1 is 1.12 bits per heavy atom. The second-order valence-electron chi connectivity index (χ2n) is 3.49. The van der Waals surface area contributed by atoms with Crippen molar-refractivity contribution in [2.75, 3.05) is 0 Å². The van der Waals surface area contributed by atoms with Gasteiger partial charge in [0.25, 0.3) is 0 Å². The van der Waals surface area contributed by atoms with Gasteiger partial charge >= 0.3 is 0 Å². The molecule has 88 valence electrons. The Morgan fingerprint density at radius 2 is 1.82 bits per heavy atom. The van der Waals surface area contributed by atoms with Gasteiger partial charge in [-0.25, -0.2) is 4.39 Å². The molecule has 0 radical (unpaired) electrons. The molecule has 4 heteroatoms. The Bertz CT molecular complexity index is 513. The predicted octanol–water partition coefficient (Wildman–Crippen LogP) is 3.73. The number of halogens is 2. The van der Waals surface area contributed by atoms with Gasteiger partial charge in [0.15, 0.2) is 0 Å². The van der Waals surface area contributed by atoms with Gasteiger partial charge in [-0.15, -0.1) is 0 Å². The van der Waals surface area contributed by atoms with E-state index in [0.29, 0.717) is 23.1 Å². The predicted molar refractivity (Wildman–Crippen MR) is 65.8 cm³/mol. The number of hydrogen-bond acceptors (Lipinski definition) is 2.